The Morgan fingerprint density at radius 2 is 1.86 bits per heavy atom. The Hall–Kier alpha value is -0.130. The van der Waals surface area contributed by atoms with E-state index in [1.54, 1.807) is 0 Å². The van der Waals surface area contributed by atoms with E-state index in [2.05, 4.69) is 0 Å². The molecular weight excluding hydrogens is 84.1 g/mol. The molecule has 0 aromatic rings. The average Bonchev–Trinajstić information content (AvgIpc) is 2.10. The lowest BCUT2D eigenvalue weighted by Gasteiger charge is -2.11. The molecule has 0 aromatic heterocycles. The van der Waals surface area contributed by atoms with Crippen molar-refractivity contribution < 1.29 is 0 Å². The van der Waals surface area contributed by atoms with Crippen LogP contribution in [0, 0.1) is 11.8 Å². The van der Waals surface area contributed by atoms with Gasteiger partial charge in [0.1, 0.15) is 5.92 Å². The Balaban J connectivity index is 1.83. The van der Waals surface area contributed by atoms with Gasteiger partial charge < -0.3 is 0 Å². The van der Waals surface area contributed by atoms with E-state index < -0.39 is 0 Å². The van der Waals surface area contributed by atoms with Crippen LogP contribution in [0.4, 0.5) is 0 Å². The van der Waals surface area contributed by atoms with Gasteiger partial charge in [-0.2, -0.15) is 0 Å². The van der Waals surface area contributed by atoms with Crippen LogP contribution >= 0.6 is 0 Å². The van der Waals surface area contributed by atoms with Crippen molar-refractivity contribution in [1.29, 1.82) is 0 Å². The van der Waals surface area contributed by atoms with E-state index in [9.17, 15) is 0 Å². The minimum atomic E-state index is 1.12. The fourth-order valence-corrected chi connectivity index (χ4v) is 1.28. The van der Waals surface area contributed by atoms with Gasteiger partial charge in [-0.25, -0.2) is 0 Å². The van der Waals surface area contributed by atoms with Crippen molar-refractivity contribution in [2.45, 2.75) is 32.1 Å². The number of hydrogen-bond donors (Lipinski definition) is 0. The lowest BCUT2D eigenvalue weighted by molar-refractivity contribution is 0.493. The molecule has 0 N–H and O–H groups in total. The Kier molecular flexibility index (Phi) is 0.643. The topological polar surface area (TPSA) is 0 Å². The fraction of sp³-hybridized carbons (Fsp3) is 0.857. The SMILES string of the molecule is C1C[C+](C2CC2)C1. The smallest absolute Gasteiger partial charge is 0.00514 e. The first-order valence-corrected chi connectivity index (χ1v) is 3.31. The first-order chi connectivity index (χ1) is 3.47. The quantitative estimate of drug-likeness (QED) is 0.438. The summed E-state index contributed by atoms with van der Waals surface area (Å²) in [5.74, 6) is 3.01. The van der Waals surface area contributed by atoms with E-state index in [1.807, 2.05) is 5.92 Å². The summed E-state index contributed by atoms with van der Waals surface area (Å²) in [6, 6.07) is 0. The van der Waals surface area contributed by atoms with E-state index in [-0.39, 0.29) is 0 Å². The molecule has 0 aliphatic heterocycles. The molecule has 7 heavy (non-hydrogen) atoms. The van der Waals surface area contributed by atoms with Gasteiger partial charge in [0, 0.05) is 6.42 Å². The molecule has 0 bridgehead atoms. The van der Waals surface area contributed by atoms with Gasteiger partial charge >= 0.3 is 0 Å². The van der Waals surface area contributed by atoms with E-state index in [0.717, 1.165) is 5.92 Å². The van der Waals surface area contributed by atoms with Gasteiger partial charge in [0.25, 0.3) is 0 Å². The molecule has 0 aromatic carbocycles. The Labute approximate surface area is 44.9 Å². The third-order valence-electron chi connectivity index (χ3n) is 2.15. The second-order valence-corrected chi connectivity index (χ2v) is 2.79. The largest absolute Gasteiger partial charge is 0.101 e. The fourth-order valence-electron chi connectivity index (χ4n) is 1.28. The van der Waals surface area contributed by atoms with Crippen LogP contribution in [0.1, 0.15) is 32.1 Å². The molecule has 0 saturated heterocycles. The predicted molar refractivity (Wildman–Crippen MR) is 29.8 cm³/mol. The van der Waals surface area contributed by atoms with Gasteiger partial charge in [0.2, 0.25) is 0 Å². The molecule has 0 spiro atoms. The summed E-state index contributed by atoms with van der Waals surface area (Å²) in [6.07, 6.45) is 7.49. The van der Waals surface area contributed by atoms with Crippen LogP contribution in [0.3, 0.4) is 0 Å². The standard InChI is InChI=1S/C7H11/c1-2-6(3-1)7-4-5-7/h7H,1-5H2/q+1. The minimum Gasteiger partial charge on any atom is -0.00514 e. The molecule has 0 nitrogen and oxygen atoms in total. The van der Waals surface area contributed by atoms with E-state index in [4.69, 9.17) is 0 Å². The van der Waals surface area contributed by atoms with Crippen molar-refractivity contribution in [2.75, 3.05) is 0 Å². The van der Waals surface area contributed by atoms with Gasteiger partial charge in [-0.05, 0) is 12.8 Å². The second-order valence-electron chi connectivity index (χ2n) is 2.79. The zero-order valence-corrected chi connectivity index (χ0v) is 4.61. The molecule has 0 atom stereocenters. The van der Waals surface area contributed by atoms with Crippen molar-refractivity contribution in [3.63, 3.8) is 0 Å². The van der Waals surface area contributed by atoms with Crippen LogP contribution < -0.4 is 0 Å². The number of rotatable bonds is 1. The van der Waals surface area contributed by atoms with Gasteiger partial charge in [0.15, 0.2) is 0 Å². The molecule has 2 aliphatic carbocycles. The predicted octanol–water partition coefficient (Wildman–Crippen LogP) is 2.15. The molecule has 2 saturated carbocycles. The maximum atomic E-state index is 1.89. The summed E-state index contributed by atoms with van der Waals surface area (Å²) in [4.78, 5) is 0. The zero-order valence-electron chi connectivity index (χ0n) is 4.61. The second kappa shape index (κ2) is 1.18. The van der Waals surface area contributed by atoms with Crippen LogP contribution in [0.5, 0.6) is 0 Å². The summed E-state index contributed by atoms with van der Waals surface area (Å²) < 4.78 is 0. The third kappa shape index (κ3) is 0.531. The van der Waals surface area contributed by atoms with Gasteiger partial charge in [-0.1, -0.05) is 0 Å². The first kappa shape index (κ1) is 3.82. The maximum Gasteiger partial charge on any atom is 0.101 e. The summed E-state index contributed by atoms with van der Waals surface area (Å²) >= 11 is 0. The average molecular weight is 95.2 g/mol. The monoisotopic (exact) mass is 95.1 g/mol. The van der Waals surface area contributed by atoms with Crippen molar-refractivity contribution >= 4 is 0 Å². The van der Waals surface area contributed by atoms with Crippen LogP contribution in [0.25, 0.3) is 0 Å². The van der Waals surface area contributed by atoms with Crippen molar-refractivity contribution in [3.05, 3.63) is 5.92 Å². The summed E-state index contributed by atoms with van der Waals surface area (Å²) in [5, 5.41) is 0. The first-order valence-electron chi connectivity index (χ1n) is 3.31. The molecule has 2 aliphatic rings. The van der Waals surface area contributed by atoms with Gasteiger partial charge in [0.05, 0.1) is 18.8 Å². The number of hydrogen-bond acceptors (Lipinski definition) is 0. The minimum absolute atomic E-state index is 1.12. The summed E-state index contributed by atoms with van der Waals surface area (Å²) in [7, 11) is 0. The lowest BCUT2D eigenvalue weighted by atomic mass is 9.82. The van der Waals surface area contributed by atoms with Crippen molar-refractivity contribution in [2.24, 2.45) is 5.92 Å². The van der Waals surface area contributed by atoms with Crippen LogP contribution in [0.15, 0.2) is 0 Å². The highest BCUT2D eigenvalue weighted by Crippen LogP contribution is 2.48. The molecule has 2 rings (SSSR count). The van der Waals surface area contributed by atoms with E-state index in [0.29, 0.717) is 0 Å². The molecule has 38 valence electrons. The van der Waals surface area contributed by atoms with Crippen LogP contribution in [0.2, 0.25) is 0 Å². The molecular formula is C7H11+. The van der Waals surface area contributed by atoms with Gasteiger partial charge in [-0.15, -0.1) is 0 Å². The maximum absolute atomic E-state index is 1.89. The lowest BCUT2D eigenvalue weighted by Crippen LogP contribution is -2.09. The Bertz CT molecular complexity index is 68.1. The molecule has 0 amide bonds. The Morgan fingerprint density at radius 1 is 1.14 bits per heavy atom. The molecule has 0 heterocycles. The van der Waals surface area contributed by atoms with Crippen molar-refractivity contribution in [3.8, 4) is 0 Å². The summed E-state index contributed by atoms with van der Waals surface area (Å²) in [6.45, 7) is 0. The van der Waals surface area contributed by atoms with Crippen molar-refractivity contribution in [1.82, 2.24) is 0 Å². The Morgan fingerprint density at radius 3 is 2.00 bits per heavy atom. The molecule has 2 fully saturated rings. The van der Waals surface area contributed by atoms with Gasteiger partial charge in [-0.3, -0.25) is 0 Å². The summed E-state index contributed by atoms with van der Waals surface area (Å²) in [5.41, 5.74) is 0. The molecule has 0 unspecified atom stereocenters. The zero-order chi connectivity index (χ0) is 4.69. The van der Waals surface area contributed by atoms with Crippen LogP contribution in [-0.2, 0) is 0 Å². The highest BCUT2D eigenvalue weighted by atomic mass is 14.4. The highest BCUT2D eigenvalue weighted by Gasteiger charge is 2.45. The van der Waals surface area contributed by atoms with E-state index in [1.165, 1.54) is 32.1 Å². The molecule has 0 radical (unpaired) electrons. The normalized spacial score (nSPS) is 30.0. The third-order valence-corrected chi connectivity index (χ3v) is 2.15. The van der Waals surface area contributed by atoms with Crippen LogP contribution in [-0.4, -0.2) is 0 Å². The molecule has 0 heteroatoms. The highest BCUT2D eigenvalue weighted by molar-refractivity contribution is 5.08. The van der Waals surface area contributed by atoms with E-state index >= 15 is 0 Å².